The first-order chi connectivity index (χ1) is 6.24. The lowest BCUT2D eigenvalue weighted by Gasteiger charge is -2.08. The van der Waals surface area contributed by atoms with E-state index in [4.69, 9.17) is 5.73 Å². The molecule has 0 aliphatic heterocycles. The first kappa shape index (κ1) is 9.32. The van der Waals surface area contributed by atoms with Crippen LogP contribution >= 0.6 is 0 Å². The van der Waals surface area contributed by atoms with Crippen molar-refractivity contribution in [3.8, 4) is 0 Å². The quantitative estimate of drug-likeness (QED) is 0.630. The Balaban J connectivity index is 2.78. The van der Waals surface area contributed by atoms with Crippen LogP contribution in [0.25, 0.3) is 0 Å². The van der Waals surface area contributed by atoms with Crippen molar-refractivity contribution in [2.45, 2.75) is 6.42 Å². The minimum Gasteiger partial charge on any atom is -0.506 e. The fraction of sp³-hybridized carbons (Fsp3) is 0.100. The predicted molar refractivity (Wildman–Crippen MR) is 54.4 cm³/mol. The molecule has 0 aromatic carbocycles. The highest BCUT2D eigenvalue weighted by atomic mass is 16.3. The van der Waals surface area contributed by atoms with Gasteiger partial charge in [0.15, 0.2) is 0 Å². The van der Waals surface area contributed by atoms with E-state index in [0.29, 0.717) is 17.8 Å². The third kappa shape index (κ3) is 2.63. The van der Waals surface area contributed by atoms with E-state index in [2.05, 4.69) is 11.6 Å². The van der Waals surface area contributed by atoms with Gasteiger partial charge in [0, 0.05) is 18.3 Å². The Morgan fingerprint density at radius 2 is 2.31 bits per heavy atom. The van der Waals surface area contributed by atoms with Gasteiger partial charge in [0.1, 0.15) is 5.76 Å². The smallest absolute Gasteiger partial charge is 0.137 e. The molecule has 0 amide bonds. The third-order valence-corrected chi connectivity index (χ3v) is 1.58. The Hall–Kier alpha value is -1.77. The zero-order valence-electron chi connectivity index (χ0n) is 7.27. The fourth-order valence-corrected chi connectivity index (χ4v) is 0.931. The maximum Gasteiger partial charge on any atom is 0.137 e. The van der Waals surface area contributed by atoms with Crippen molar-refractivity contribution in [3.05, 3.63) is 48.5 Å². The maximum absolute atomic E-state index is 9.36. The van der Waals surface area contributed by atoms with Crippen LogP contribution in [0.15, 0.2) is 53.5 Å². The van der Waals surface area contributed by atoms with Crippen LogP contribution in [0.5, 0.6) is 0 Å². The predicted octanol–water partition coefficient (Wildman–Crippen LogP) is 1.82. The number of hydrogen-bond donors (Lipinski definition) is 2. The second-order valence-corrected chi connectivity index (χ2v) is 2.62. The first-order valence-corrected chi connectivity index (χ1v) is 3.94. The lowest BCUT2D eigenvalue weighted by Crippen LogP contribution is -2.12. The van der Waals surface area contributed by atoms with E-state index in [0.717, 1.165) is 0 Å². The minimum atomic E-state index is 0.169. The largest absolute Gasteiger partial charge is 0.506 e. The van der Waals surface area contributed by atoms with E-state index in [9.17, 15) is 5.11 Å². The normalized spacial score (nSPS) is 20.2. The maximum atomic E-state index is 9.36. The Labute approximate surface area is 77.3 Å². The van der Waals surface area contributed by atoms with Gasteiger partial charge in [-0.2, -0.15) is 0 Å². The van der Waals surface area contributed by atoms with E-state index >= 15 is 0 Å². The number of nitrogens with two attached hydrogens (primary N) is 1. The molecule has 13 heavy (non-hydrogen) atoms. The van der Waals surface area contributed by atoms with Crippen molar-refractivity contribution >= 4 is 5.71 Å². The molecule has 0 radical (unpaired) electrons. The molecular formula is C10H12N2O. The number of nitrogens with zero attached hydrogens (tertiary/aromatic N) is 1. The fourth-order valence-electron chi connectivity index (χ4n) is 0.931. The number of allylic oxidation sites excluding steroid dienone is 6. The molecular weight excluding hydrogens is 164 g/mol. The summed E-state index contributed by atoms with van der Waals surface area (Å²) in [4.78, 5) is 4.03. The monoisotopic (exact) mass is 176 g/mol. The van der Waals surface area contributed by atoms with Crippen LogP contribution in [0.1, 0.15) is 6.42 Å². The van der Waals surface area contributed by atoms with Crippen molar-refractivity contribution in [2.75, 3.05) is 0 Å². The summed E-state index contributed by atoms with van der Waals surface area (Å²) < 4.78 is 0. The van der Waals surface area contributed by atoms with Gasteiger partial charge in [-0.3, -0.25) is 4.99 Å². The molecule has 0 bridgehead atoms. The van der Waals surface area contributed by atoms with E-state index in [1.165, 1.54) is 0 Å². The number of rotatable bonds is 2. The third-order valence-electron chi connectivity index (χ3n) is 1.58. The molecule has 0 heterocycles. The lowest BCUT2D eigenvalue weighted by molar-refractivity contribution is 0.440. The Bertz CT molecular complexity index is 322. The van der Waals surface area contributed by atoms with Crippen LogP contribution in [0.2, 0.25) is 0 Å². The highest BCUT2D eigenvalue weighted by Gasteiger charge is 2.09. The molecule has 1 rings (SSSR count). The van der Waals surface area contributed by atoms with E-state index in [1.807, 2.05) is 0 Å². The Morgan fingerprint density at radius 1 is 1.54 bits per heavy atom. The van der Waals surface area contributed by atoms with Gasteiger partial charge in [0.2, 0.25) is 0 Å². The second kappa shape index (κ2) is 4.30. The van der Waals surface area contributed by atoms with Gasteiger partial charge in [-0.15, -0.1) is 0 Å². The number of aliphatic hydroxyl groups excluding tert-OH is 1. The SMILES string of the molecule is C=C/C=C\N=C1/CC(N)=CC=C1O. The van der Waals surface area contributed by atoms with E-state index in [1.54, 1.807) is 30.5 Å². The number of aliphatic hydroxyl groups is 1. The molecule has 0 atom stereocenters. The average Bonchev–Trinajstić information content (AvgIpc) is 2.11. The lowest BCUT2D eigenvalue weighted by atomic mass is 10.1. The number of aliphatic imine (C=N–C) groups is 1. The summed E-state index contributed by atoms with van der Waals surface area (Å²) >= 11 is 0. The van der Waals surface area contributed by atoms with Crippen molar-refractivity contribution < 1.29 is 5.11 Å². The molecule has 1 aliphatic rings. The molecule has 0 aromatic heterocycles. The van der Waals surface area contributed by atoms with Crippen molar-refractivity contribution in [1.82, 2.24) is 0 Å². The summed E-state index contributed by atoms with van der Waals surface area (Å²) in [5.41, 5.74) is 6.85. The molecule has 3 heteroatoms. The van der Waals surface area contributed by atoms with Gasteiger partial charge < -0.3 is 10.8 Å². The van der Waals surface area contributed by atoms with E-state index < -0.39 is 0 Å². The van der Waals surface area contributed by atoms with Crippen LogP contribution in [0, 0.1) is 0 Å². The molecule has 0 unspecified atom stereocenters. The van der Waals surface area contributed by atoms with Crippen molar-refractivity contribution in [1.29, 1.82) is 0 Å². The van der Waals surface area contributed by atoms with Crippen LogP contribution in [-0.2, 0) is 0 Å². The topological polar surface area (TPSA) is 58.6 Å². The van der Waals surface area contributed by atoms with Crippen LogP contribution < -0.4 is 5.73 Å². The summed E-state index contributed by atoms with van der Waals surface area (Å²) in [5.74, 6) is 0.169. The highest BCUT2D eigenvalue weighted by Crippen LogP contribution is 2.10. The zero-order valence-corrected chi connectivity index (χ0v) is 7.27. The summed E-state index contributed by atoms with van der Waals surface area (Å²) in [6, 6.07) is 0. The first-order valence-electron chi connectivity index (χ1n) is 3.94. The van der Waals surface area contributed by atoms with Crippen molar-refractivity contribution in [3.63, 3.8) is 0 Å². The molecule has 0 saturated carbocycles. The molecule has 3 N–H and O–H groups in total. The molecule has 68 valence electrons. The average molecular weight is 176 g/mol. The van der Waals surface area contributed by atoms with E-state index in [-0.39, 0.29) is 5.76 Å². The van der Waals surface area contributed by atoms with Gasteiger partial charge in [0.05, 0.1) is 5.71 Å². The summed E-state index contributed by atoms with van der Waals surface area (Å²) in [5, 5.41) is 9.36. The van der Waals surface area contributed by atoms with Crippen LogP contribution in [-0.4, -0.2) is 10.8 Å². The summed E-state index contributed by atoms with van der Waals surface area (Å²) in [7, 11) is 0. The van der Waals surface area contributed by atoms with Gasteiger partial charge >= 0.3 is 0 Å². The zero-order chi connectivity index (χ0) is 9.68. The van der Waals surface area contributed by atoms with Crippen LogP contribution in [0.3, 0.4) is 0 Å². The van der Waals surface area contributed by atoms with Gasteiger partial charge in [0.25, 0.3) is 0 Å². The molecule has 0 spiro atoms. The molecule has 0 saturated heterocycles. The number of hydrogen-bond acceptors (Lipinski definition) is 3. The van der Waals surface area contributed by atoms with Crippen LogP contribution in [0.4, 0.5) is 0 Å². The highest BCUT2D eigenvalue weighted by molar-refractivity contribution is 6.01. The Kier molecular flexibility index (Phi) is 3.09. The van der Waals surface area contributed by atoms with Gasteiger partial charge in [-0.05, 0) is 18.2 Å². The van der Waals surface area contributed by atoms with Crippen molar-refractivity contribution in [2.24, 2.45) is 10.7 Å². The van der Waals surface area contributed by atoms with Gasteiger partial charge in [-0.1, -0.05) is 12.7 Å². The van der Waals surface area contributed by atoms with Gasteiger partial charge in [-0.25, -0.2) is 0 Å². The summed E-state index contributed by atoms with van der Waals surface area (Å²) in [6.45, 7) is 3.51. The molecule has 0 fully saturated rings. The Morgan fingerprint density at radius 3 is 3.00 bits per heavy atom. The molecule has 0 aromatic rings. The standard InChI is InChI=1S/C10H12N2O/c1-2-3-6-12-9-7-8(11)4-5-10(9)13/h2-6,13H,1,7,11H2/b6-3-,12-9+. The molecule has 1 aliphatic carbocycles. The summed E-state index contributed by atoms with van der Waals surface area (Å²) in [6.07, 6.45) is 8.58. The minimum absolute atomic E-state index is 0.169. The second-order valence-electron chi connectivity index (χ2n) is 2.62. The molecule has 3 nitrogen and oxygen atoms in total.